The molecule has 1 unspecified atom stereocenters. The zero-order chi connectivity index (χ0) is 15.7. The number of carboxylic acids is 1. The Morgan fingerprint density at radius 1 is 1.19 bits per heavy atom. The lowest BCUT2D eigenvalue weighted by molar-refractivity contribution is -0.141. The molecule has 5 heteroatoms. The summed E-state index contributed by atoms with van der Waals surface area (Å²) in [5.41, 5.74) is 0. The van der Waals surface area contributed by atoms with E-state index in [0.29, 0.717) is 13.0 Å². The zero-order valence-corrected chi connectivity index (χ0v) is 13.4. The molecule has 1 aliphatic rings. The molecule has 2 amide bonds. The first-order valence-electron chi connectivity index (χ1n) is 8.27. The molecule has 0 saturated heterocycles. The molecule has 0 aromatic carbocycles. The van der Waals surface area contributed by atoms with E-state index in [2.05, 4.69) is 17.6 Å². The molecule has 1 saturated carbocycles. The van der Waals surface area contributed by atoms with Crippen LogP contribution < -0.4 is 10.6 Å². The third-order valence-electron chi connectivity index (χ3n) is 4.47. The largest absolute Gasteiger partial charge is 0.481 e. The average molecular weight is 298 g/mol. The Balaban J connectivity index is 2.12. The number of carboxylic acid groups (broad SMARTS) is 1. The van der Waals surface area contributed by atoms with Crippen molar-refractivity contribution in [3.05, 3.63) is 0 Å². The van der Waals surface area contributed by atoms with Gasteiger partial charge in [-0.15, -0.1) is 0 Å². The molecule has 0 spiro atoms. The first-order chi connectivity index (χ1) is 10.0. The minimum atomic E-state index is -0.839. The molecular formula is C16H30N2O3. The van der Waals surface area contributed by atoms with Crippen LogP contribution in [0.15, 0.2) is 0 Å². The van der Waals surface area contributed by atoms with Gasteiger partial charge in [-0.25, -0.2) is 4.79 Å². The van der Waals surface area contributed by atoms with Crippen LogP contribution in [-0.4, -0.2) is 30.2 Å². The van der Waals surface area contributed by atoms with Crippen molar-refractivity contribution in [1.29, 1.82) is 0 Å². The van der Waals surface area contributed by atoms with E-state index < -0.39 is 11.9 Å². The van der Waals surface area contributed by atoms with Gasteiger partial charge in [-0.1, -0.05) is 46.0 Å². The summed E-state index contributed by atoms with van der Waals surface area (Å²) in [6.45, 7) is 5.13. The quantitative estimate of drug-likeness (QED) is 0.644. The number of carbonyl (C=O) groups is 2. The van der Waals surface area contributed by atoms with Gasteiger partial charge >= 0.3 is 12.0 Å². The smallest absolute Gasteiger partial charge is 0.314 e. The summed E-state index contributed by atoms with van der Waals surface area (Å²) in [7, 11) is 0. The predicted molar refractivity (Wildman–Crippen MR) is 83.2 cm³/mol. The van der Waals surface area contributed by atoms with Gasteiger partial charge in [0.2, 0.25) is 0 Å². The fraction of sp³-hybridized carbons (Fsp3) is 0.875. The standard InChI is InChI=1S/C16H30N2O3/c1-3-4-14(15(19)20)11-18-16(21)17-10-9-13-7-5-12(2)6-8-13/h12-14H,3-11H2,1-2H3,(H,19,20)(H2,17,18,21). The third kappa shape index (κ3) is 7.34. The van der Waals surface area contributed by atoms with E-state index in [9.17, 15) is 9.59 Å². The molecular weight excluding hydrogens is 268 g/mol. The van der Waals surface area contributed by atoms with Crippen LogP contribution in [0.3, 0.4) is 0 Å². The Bertz CT molecular complexity index is 325. The van der Waals surface area contributed by atoms with Crippen molar-refractivity contribution in [1.82, 2.24) is 10.6 Å². The summed E-state index contributed by atoms with van der Waals surface area (Å²) in [6.07, 6.45) is 7.56. The normalized spacial score (nSPS) is 23.3. The highest BCUT2D eigenvalue weighted by Crippen LogP contribution is 2.29. The van der Waals surface area contributed by atoms with Gasteiger partial charge in [-0.05, 0) is 24.7 Å². The topological polar surface area (TPSA) is 78.4 Å². The van der Waals surface area contributed by atoms with E-state index in [1.54, 1.807) is 0 Å². The number of rotatable bonds is 8. The molecule has 0 aromatic heterocycles. The SMILES string of the molecule is CCCC(CNC(=O)NCCC1CCC(C)CC1)C(=O)O. The molecule has 122 valence electrons. The van der Waals surface area contributed by atoms with E-state index in [-0.39, 0.29) is 12.6 Å². The van der Waals surface area contributed by atoms with Crippen molar-refractivity contribution in [3.63, 3.8) is 0 Å². The number of nitrogens with one attached hydrogen (secondary N) is 2. The number of amides is 2. The Hall–Kier alpha value is -1.26. The minimum absolute atomic E-state index is 0.204. The lowest BCUT2D eigenvalue weighted by Crippen LogP contribution is -2.40. The van der Waals surface area contributed by atoms with Gasteiger partial charge in [-0.3, -0.25) is 4.79 Å². The van der Waals surface area contributed by atoms with E-state index in [4.69, 9.17) is 5.11 Å². The highest BCUT2D eigenvalue weighted by atomic mass is 16.4. The summed E-state index contributed by atoms with van der Waals surface area (Å²) in [5.74, 6) is 0.256. The Kier molecular flexibility index (Phi) is 8.16. The van der Waals surface area contributed by atoms with Crippen LogP contribution in [-0.2, 0) is 4.79 Å². The van der Waals surface area contributed by atoms with Crippen LogP contribution in [0.25, 0.3) is 0 Å². The van der Waals surface area contributed by atoms with Gasteiger partial charge in [-0.2, -0.15) is 0 Å². The van der Waals surface area contributed by atoms with Crippen molar-refractivity contribution in [2.24, 2.45) is 17.8 Å². The summed E-state index contributed by atoms with van der Waals surface area (Å²) in [5, 5.41) is 14.5. The van der Waals surface area contributed by atoms with E-state index in [1.165, 1.54) is 25.7 Å². The fourth-order valence-corrected chi connectivity index (χ4v) is 2.95. The van der Waals surface area contributed by atoms with Crippen LogP contribution in [0.2, 0.25) is 0 Å². The molecule has 0 bridgehead atoms. The van der Waals surface area contributed by atoms with Gasteiger partial charge < -0.3 is 15.7 Å². The van der Waals surface area contributed by atoms with Crippen molar-refractivity contribution in [3.8, 4) is 0 Å². The van der Waals surface area contributed by atoms with Crippen molar-refractivity contribution in [2.45, 2.75) is 58.8 Å². The zero-order valence-electron chi connectivity index (χ0n) is 13.4. The highest BCUT2D eigenvalue weighted by Gasteiger charge is 2.19. The summed E-state index contributed by atoms with van der Waals surface area (Å²) < 4.78 is 0. The molecule has 5 nitrogen and oxygen atoms in total. The second-order valence-corrected chi connectivity index (χ2v) is 6.38. The van der Waals surface area contributed by atoms with Gasteiger partial charge in [0, 0.05) is 13.1 Å². The molecule has 0 aliphatic heterocycles. The number of carbonyl (C=O) groups excluding carboxylic acids is 1. The molecule has 1 rings (SSSR count). The first kappa shape index (κ1) is 17.8. The van der Waals surface area contributed by atoms with Crippen molar-refractivity contribution >= 4 is 12.0 Å². The monoisotopic (exact) mass is 298 g/mol. The fourth-order valence-electron chi connectivity index (χ4n) is 2.95. The van der Waals surface area contributed by atoms with E-state index in [0.717, 1.165) is 24.7 Å². The predicted octanol–water partition coefficient (Wildman–Crippen LogP) is 3.00. The maximum absolute atomic E-state index is 11.7. The Morgan fingerprint density at radius 2 is 1.86 bits per heavy atom. The number of hydrogen-bond acceptors (Lipinski definition) is 2. The molecule has 1 aliphatic carbocycles. The minimum Gasteiger partial charge on any atom is -0.481 e. The van der Waals surface area contributed by atoms with Crippen LogP contribution in [0.5, 0.6) is 0 Å². The maximum Gasteiger partial charge on any atom is 0.314 e. The van der Waals surface area contributed by atoms with Gasteiger partial charge in [0.15, 0.2) is 0 Å². The average Bonchev–Trinajstić information content (AvgIpc) is 2.45. The van der Waals surface area contributed by atoms with Gasteiger partial charge in [0.05, 0.1) is 5.92 Å². The molecule has 21 heavy (non-hydrogen) atoms. The van der Waals surface area contributed by atoms with E-state index in [1.807, 2.05) is 6.92 Å². The lowest BCUT2D eigenvalue weighted by Gasteiger charge is -2.26. The van der Waals surface area contributed by atoms with Crippen LogP contribution in [0.1, 0.15) is 58.8 Å². The Labute approximate surface area is 127 Å². The third-order valence-corrected chi connectivity index (χ3v) is 4.47. The second kappa shape index (κ2) is 9.64. The first-order valence-corrected chi connectivity index (χ1v) is 8.27. The number of hydrogen-bond donors (Lipinski definition) is 3. The lowest BCUT2D eigenvalue weighted by atomic mass is 9.81. The second-order valence-electron chi connectivity index (χ2n) is 6.38. The molecule has 0 heterocycles. The van der Waals surface area contributed by atoms with Crippen molar-refractivity contribution < 1.29 is 14.7 Å². The number of aliphatic carboxylic acids is 1. The van der Waals surface area contributed by atoms with Crippen molar-refractivity contribution in [2.75, 3.05) is 13.1 Å². The molecule has 1 atom stereocenters. The highest BCUT2D eigenvalue weighted by molar-refractivity contribution is 5.75. The molecule has 0 aromatic rings. The van der Waals surface area contributed by atoms with Crippen LogP contribution >= 0.6 is 0 Å². The Morgan fingerprint density at radius 3 is 2.43 bits per heavy atom. The maximum atomic E-state index is 11.7. The van der Waals surface area contributed by atoms with Crippen LogP contribution in [0, 0.1) is 17.8 Å². The van der Waals surface area contributed by atoms with Gasteiger partial charge in [0.25, 0.3) is 0 Å². The molecule has 0 radical (unpaired) electrons. The molecule has 1 fully saturated rings. The van der Waals surface area contributed by atoms with E-state index >= 15 is 0 Å². The number of urea groups is 1. The summed E-state index contributed by atoms with van der Waals surface area (Å²) in [4.78, 5) is 22.6. The van der Waals surface area contributed by atoms with Crippen LogP contribution in [0.4, 0.5) is 4.79 Å². The summed E-state index contributed by atoms with van der Waals surface area (Å²) >= 11 is 0. The van der Waals surface area contributed by atoms with Gasteiger partial charge in [0.1, 0.15) is 0 Å². The summed E-state index contributed by atoms with van der Waals surface area (Å²) in [6, 6.07) is -0.249. The molecule has 3 N–H and O–H groups in total.